The lowest BCUT2D eigenvalue weighted by Gasteiger charge is -2.17. The second kappa shape index (κ2) is 8.01. The first-order valence-electron chi connectivity index (χ1n) is 8.48. The van der Waals surface area contributed by atoms with Gasteiger partial charge in [0.25, 0.3) is 0 Å². The molecule has 162 valence electrons. The number of esters is 1. The summed E-state index contributed by atoms with van der Waals surface area (Å²) in [5.41, 5.74) is -1.31. The number of carbonyl (C=O) groups is 1. The van der Waals surface area contributed by atoms with Crippen LogP contribution >= 0.6 is 11.6 Å². The van der Waals surface area contributed by atoms with Crippen molar-refractivity contribution >= 4 is 17.6 Å². The van der Waals surface area contributed by atoms with Crippen LogP contribution in [-0.4, -0.2) is 26.4 Å². The Labute approximate surface area is 169 Å². The molecular weight excluding hydrogens is 423 g/mol. The predicted octanol–water partition coefficient (Wildman–Crippen LogP) is 5.29. The monoisotopic (exact) mass is 442 g/mol. The third kappa shape index (κ3) is 4.29. The Bertz CT molecular complexity index is 817. The summed E-state index contributed by atoms with van der Waals surface area (Å²) in [7, 11) is 2.31. The van der Waals surface area contributed by atoms with Gasteiger partial charge < -0.3 is 14.2 Å². The highest BCUT2D eigenvalue weighted by Gasteiger charge is 2.62. The van der Waals surface area contributed by atoms with Crippen molar-refractivity contribution in [2.24, 2.45) is 17.3 Å². The van der Waals surface area contributed by atoms with Crippen LogP contribution in [0.1, 0.15) is 25.0 Å². The van der Waals surface area contributed by atoms with Gasteiger partial charge in [-0.05, 0) is 18.3 Å². The highest BCUT2D eigenvalue weighted by atomic mass is 35.5. The topological polar surface area (TPSA) is 44.8 Å². The molecule has 0 amide bonds. The lowest BCUT2D eigenvalue weighted by atomic mass is 10.1. The predicted molar refractivity (Wildman–Crippen MR) is 94.7 cm³/mol. The summed E-state index contributed by atoms with van der Waals surface area (Å²) in [6.07, 6.45) is -3.94. The molecule has 0 unspecified atom stereocenters. The lowest BCUT2D eigenvalue weighted by molar-refractivity contribution is -0.147. The van der Waals surface area contributed by atoms with Crippen LogP contribution in [0.2, 0.25) is 0 Å². The number of hydrogen-bond acceptors (Lipinski definition) is 4. The fourth-order valence-electron chi connectivity index (χ4n) is 3.29. The quantitative estimate of drug-likeness (QED) is 0.443. The fraction of sp³-hybridized carbons (Fsp3) is 0.526. The van der Waals surface area contributed by atoms with Gasteiger partial charge >= 0.3 is 12.1 Å². The largest absolute Gasteiger partial charge is 0.493 e. The summed E-state index contributed by atoms with van der Waals surface area (Å²) < 4.78 is 81.5. The maximum absolute atomic E-state index is 14.3. The summed E-state index contributed by atoms with van der Waals surface area (Å²) in [5.74, 6) is -5.15. The Morgan fingerprint density at radius 2 is 1.62 bits per heavy atom. The van der Waals surface area contributed by atoms with Crippen molar-refractivity contribution in [3.8, 4) is 11.5 Å². The highest BCUT2D eigenvalue weighted by molar-refractivity contribution is 6.30. The van der Waals surface area contributed by atoms with Gasteiger partial charge in [-0.3, -0.25) is 4.79 Å². The van der Waals surface area contributed by atoms with E-state index >= 15 is 0 Å². The van der Waals surface area contributed by atoms with Gasteiger partial charge in [0.05, 0.1) is 25.7 Å². The minimum absolute atomic E-state index is 0.164. The molecule has 2 rings (SSSR count). The number of alkyl halides is 3. The lowest BCUT2D eigenvalue weighted by Crippen LogP contribution is -2.13. The van der Waals surface area contributed by atoms with Crippen LogP contribution in [0.5, 0.6) is 11.5 Å². The molecule has 4 nitrogen and oxygen atoms in total. The summed E-state index contributed by atoms with van der Waals surface area (Å²) in [6.45, 7) is 3.79. The van der Waals surface area contributed by atoms with Gasteiger partial charge in [0, 0.05) is 5.56 Å². The van der Waals surface area contributed by atoms with Gasteiger partial charge in [0.2, 0.25) is 0 Å². The third-order valence-electron chi connectivity index (χ3n) is 5.13. The molecular formula is C19H20ClF5O4. The van der Waals surface area contributed by atoms with Gasteiger partial charge in [-0.2, -0.15) is 13.2 Å². The van der Waals surface area contributed by atoms with Gasteiger partial charge in [-0.15, -0.1) is 0 Å². The molecule has 0 spiro atoms. The molecule has 0 radical (unpaired) electrons. The Morgan fingerprint density at radius 3 is 2.03 bits per heavy atom. The molecule has 1 aliphatic carbocycles. The van der Waals surface area contributed by atoms with Gasteiger partial charge in [0.15, 0.2) is 23.1 Å². The third-order valence-corrected chi connectivity index (χ3v) is 5.47. The summed E-state index contributed by atoms with van der Waals surface area (Å²) in [5, 5.41) is -1.32. The number of carbonyl (C=O) groups excluding carboxylic acids is 1. The molecule has 29 heavy (non-hydrogen) atoms. The SMILES string of the molecule is COc1c(F)c(C)c(F)c(OC)c1COC(=O)[C@H]1[C@@H](C=C(Cl)C(F)(F)F)C1(C)C. The minimum Gasteiger partial charge on any atom is -0.493 e. The van der Waals surface area contributed by atoms with E-state index in [4.69, 9.17) is 25.8 Å². The fourth-order valence-corrected chi connectivity index (χ4v) is 3.42. The molecule has 0 aromatic heterocycles. The number of halogens is 6. The van der Waals surface area contributed by atoms with E-state index in [2.05, 4.69) is 0 Å². The van der Waals surface area contributed by atoms with Gasteiger partial charge in [-0.25, -0.2) is 8.78 Å². The molecule has 10 heteroatoms. The minimum atomic E-state index is -4.72. The van der Waals surface area contributed by atoms with Gasteiger partial charge in [-0.1, -0.05) is 31.5 Å². The molecule has 0 saturated heterocycles. The zero-order chi connectivity index (χ0) is 22.3. The molecule has 2 atom stereocenters. The molecule has 1 saturated carbocycles. The van der Waals surface area contributed by atoms with Gasteiger partial charge in [0.1, 0.15) is 11.6 Å². The maximum atomic E-state index is 14.3. The van der Waals surface area contributed by atoms with Crippen LogP contribution in [0.15, 0.2) is 11.1 Å². The zero-order valence-electron chi connectivity index (χ0n) is 16.3. The molecule has 1 fully saturated rings. The van der Waals surface area contributed by atoms with Crippen molar-refractivity contribution in [2.75, 3.05) is 14.2 Å². The second-order valence-electron chi connectivity index (χ2n) is 7.24. The van der Waals surface area contributed by atoms with Crippen LogP contribution in [0.25, 0.3) is 0 Å². The van der Waals surface area contributed by atoms with E-state index in [0.717, 1.165) is 20.3 Å². The Balaban J connectivity index is 2.24. The maximum Gasteiger partial charge on any atom is 0.426 e. The van der Waals surface area contributed by atoms with E-state index in [0.29, 0.717) is 0 Å². The van der Waals surface area contributed by atoms with E-state index in [1.165, 1.54) is 6.92 Å². The second-order valence-corrected chi connectivity index (χ2v) is 7.65. The number of allylic oxidation sites excluding steroid dienone is 2. The average Bonchev–Trinajstić information content (AvgIpc) is 3.17. The Kier molecular flexibility index (Phi) is 6.42. The van der Waals surface area contributed by atoms with Crippen molar-refractivity contribution in [1.29, 1.82) is 0 Å². The van der Waals surface area contributed by atoms with E-state index in [1.807, 2.05) is 0 Å². The number of benzene rings is 1. The molecule has 0 aliphatic heterocycles. The molecule has 0 bridgehead atoms. The van der Waals surface area contributed by atoms with Crippen molar-refractivity contribution in [1.82, 2.24) is 0 Å². The first kappa shape index (κ1) is 23.3. The number of hydrogen-bond donors (Lipinski definition) is 0. The molecule has 1 aromatic rings. The normalized spacial score (nSPS) is 21.0. The van der Waals surface area contributed by atoms with E-state index in [-0.39, 0.29) is 22.6 Å². The first-order chi connectivity index (χ1) is 13.3. The van der Waals surface area contributed by atoms with Crippen molar-refractivity contribution in [3.05, 3.63) is 33.9 Å². The standard InChI is InChI=1S/C19H20ClF5O4/c1-8-13(21)15(27-4)9(16(28-5)14(8)22)7-29-17(26)12-10(18(12,2)3)6-11(20)19(23,24)25/h6,10,12H,7H2,1-5H3/t10-,12-/m1/s1. The molecule has 1 aromatic carbocycles. The average molecular weight is 443 g/mol. The summed E-state index contributed by atoms with van der Waals surface area (Å²) in [4.78, 5) is 12.4. The first-order valence-corrected chi connectivity index (χ1v) is 8.86. The van der Waals surface area contributed by atoms with E-state index < -0.39 is 52.7 Å². The van der Waals surface area contributed by atoms with E-state index in [9.17, 15) is 26.7 Å². The number of methoxy groups -OCH3 is 2. The number of ether oxygens (including phenoxy) is 3. The van der Waals surface area contributed by atoms with Crippen LogP contribution in [-0.2, 0) is 16.1 Å². The Hall–Kier alpha value is -2.03. The smallest absolute Gasteiger partial charge is 0.426 e. The van der Waals surface area contributed by atoms with Crippen molar-refractivity contribution in [3.63, 3.8) is 0 Å². The summed E-state index contributed by atoms with van der Waals surface area (Å²) >= 11 is 5.26. The molecule has 0 heterocycles. The van der Waals surface area contributed by atoms with E-state index in [1.54, 1.807) is 13.8 Å². The zero-order valence-corrected chi connectivity index (χ0v) is 17.1. The van der Waals surface area contributed by atoms with Crippen LogP contribution in [0.3, 0.4) is 0 Å². The molecule has 0 N–H and O–H groups in total. The van der Waals surface area contributed by atoms with Crippen LogP contribution < -0.4 is 9.47 Å². The van der Waals surface area contributed by atoms with Crippen molar-refractivity contribution < 1.29 is 41.0 Å². The van der Waals surface area contributed by atoms with Crippen LogP contribution in [0, 0.1) is 35.8 Å². The van der Waals surface area contributed by atoms with Crippen molar-refractivity contribution in [2.45, 2.75) is 33.6 Å². The Morgan fingerprint density at radius 1 is 1.14 bits per heavy atom. The number of rotatable bonds is 6. The van der Waals surface area contributed by atoms with Crippen LogP contribution in [0.4, 0.5) is 22.0 Å². The summed E-state index contributed by atoms with van der Waals surface area (Å²) in [6, 6.07) is 0. The molecule has 1 aliphatic rings. The highest BCUT2D eigenvalue weighted by Crippen LogP contribution is 2.60.